The molecule has 110 valence electrons. The summed E-state index contributed by atoms with van der Waals surface area (Å²) in [5, 5.41) is 3.32. The Kier molecular flexibility index (Phi) is 5.61. The van der Waals surface area contributed by atoms with E-state index in [4.69, 9.17) is 0 Å². The van der Waals surface area contributed by atoms with Crippen molar-refractivity contribution in [1.82, 2.24) is 10.2 Å². The van der Waals surface area contributed by atoms with Gasteiger partial charge in [-0.2, -0.15) is 0 Å². The minimum Gasteiger partial charge on any atom is -0.337 e. The number of amides is 1. The quantitative estimate of drug-likeness (QED) is 0.915. The molecule has 1 heterocycles. The number of nitrogens with one attached hydrogen (secondary N) is 1. The number of benzene rings is 1. The number of nitrogens with zero attached hydrogens (tertiary/aromatic N) is 1. The van der Waals surface area contributed by atoms with Crippen molar-refractivity contribution in [3.8, 4) is 0 Å². The van der Waals surface area contributed by atoms with Crippen LogP contribution in [0.2, 0.25) is 0 Å². The molecule has 1 fully saturated rings. The van der Waals surface area contributed by atoms with E-state index < -0.39 is 0 Å². The maximum Gasteiger partial charge on any atom is 0.222 e. The number of rotatable bonds is 4. The molecule has 0 aliphatic carbocycles. The van der Waals surface area contributed by atoms with E-state index in [0.29, 0.717) is 18.4 Å². The standard InChI is InChI=1S/C16H23BrN2O/c1-12-6-7-15(17)10-14(12)4-3-5-16(20)19-9-8-18-11-13(19)2/h6-7,10,13,18H,3-5,8-9,11H2,1-2H3. The lowest BCUT2D eigenvalue weighted by Crippen LogP contribution is -2.52. The van der Waals surface area contributed by atoms with E-state index in [1.807, 2.05) is 4.90 Å². The third kappa shape index (κ3) is 4.06. The molecule has 1 unspecified atom stereocenters. The Labute approximate surface area is 129 Å². The lowest BCUT2D eigenvalue weighted by Gasteiger charge is -2.34. The second-order valence-electron chi connectivity index (χ2n) is 5.56. The summed E-state index contributed by atoms with van der Waals surface area (Å²) in [6.45, 7) is 6.91. The van der Waals surface area contributed by atoms with Crippen molar-refractivity contribution in [2.45, 2.75) is 39.2 Å². The summed E-state index contributed by atoms with van der Waals surface area (Å²) in [6, 6.07) is 6.67. The molecule has 20 heavy (non-hydrogen) atoms. The summed E-state index contributed by atoms with van der Waals surface area (Å²) in [6.07, 6.45) is 2.54. The minimum atomic E-state index is 0.298. The molecule has 0 aromatic heterocycles. The van der Waals surface area contributed by atoms with Gasteiger partial charge in [-0.15, -0.1) is 0 Å². The average Bonchev–Trinajstić information content (AvgIpc) is 2.43. The molecule has 1 saturated heterocycles. The van der Waals surface area contributed by atoms with E-state index in [0.717, 1.165) is 36.9 Å². The van der Waals surface area contributed by atoms with Crippen molar-refractivity contribution < 1.29 is 4.79 Å². The number of aryl methyl sites for hydroxylation is 2. The third-order valence-electron chi connectivity index (χ3n) is 3.97. The molecule has 0 radical (unpaired) electrons. The topological polar surface area (TPSA) is 32.3 Å². The fraction of sp³-hybridized carbons (Fsp3) is 0.562. The Morgan fingerprint density at radius 2 is 2.30 bits per heavy atom. The molecule has 4 heteroatoms. The van der Waals surface area contributed by atoms with E-state index in [1.54, 1.807) is 0 Å². The van der Waals surface area contributed by atoms with Crippen molar-refractivity contribution in [2.24, 2.45) is 0 Å². The fourth-order valence-corrected chi connectivity index (χ4v) is 3.10. The lowest BCUT2D eigenvalue weighted by molar-refractivity contribution is -0.134. The molecule has 0 spiro atoms. The SMILES string of the molecule is Cc1ccc(Br)cc1CCCC(=O)N1CCNCC1C. The lowest BCUT2D eigenvalue weighted by atomic mass is 10.0. The van der Waals surface area contributed by atoms with E-state index in [9.17, 15) is 4.79 Å². The number of hydrogen-bond donors (Lipinski definition) is 1. The molecule has 1 N–H and O–H groups in total. The van der Waals surface area contributed by atoms with Gasteiger partial charge >= 0.3 is 0 Å². The van der Waals surface area contributed by atoms with Crippen LogP contribution in [0.15, 0.2) is 22.7 Å². The smallest absolute Gasteiger partial charge is 0.222 e. The predicted octanol–water partition coefficient (Wildman–Crippen LogP) is 2.90. The second kappa shape index (κ2) is 7.23. The molecule has 1 aliphatic rings. The van der Waals surface area contributed by atoms with Crippen LogP contribution < -0.4 is 5.32 Å². The molecule has 1 amide bonds. The van der Waals surface area contributed by atoms with Crippen molar-refractivity contribution >= 4 is 21.8 Å². The first-order valence-corrected chi connectivity index (χ1v) is 8.12. The van der Waals surface area contributed by atoms with Gasteiger partial charge < -0.3 is 10.2 Å². The van der Waals surface area contributed by atoms with E-state index in [-0.39, 0.29) is 0 Å². The van der Waals surface area contributed by atoms with Gasteiger partial charge in [-0.1, -0.05) is 22.0 Å². The highest BCUT2D eigenvalue weighted by Crippen LogP contribution is 2.18. The summed E-state index contributed by atoms with van der Waals surface area (Å²) >= 11 is 3.51. The first kappa shape index (κ1) is 15.5. The maximum absolute atomic E-state index is 12.2. The van der Waals surface area contributed by atoms with Crippen LogP contribution in [0.5, 0.6) is 0 Å². The van der Waals surface area contributed by atoms with Gasteiger partial charge in [0.05, 0.1) is 0 Å². The molecule has 3 nitrogen and oxygen atoms in total. The molecule has 1 aromatic rings. The fourth-order valence-electron chi connectivity index (χ4n) is 2.69. The van der Waals surface area contributed by atoms with Crippen LogP contribution in [-0.2, 0) is 11.2 Å². The zero-order chi connectivity index (χ0) is 14.5. The molecule has 0 saturated carbocycles. The Bertz CT molecular complexity index is 476. The van der Waals surface area contributed by atoms with Gasteiger partial charge in [0.2, 0.25) is 5.91 Å². The van der Waals surface area contributed by atoms with Crippen molar-refractivity contribution in [2.75, 3.05) is 19.6 Å². The average molecular weight is 339 g/mol. The zero-order valence-corrected chi connectivity index (χ0v) is 13.9. The van der Waals surface area contributed by atoms with Crippen LogP contribution in [0.25, 0.3) is 0 Å². The molecule has 1 atom stereocenters. The monoisotopic (exact) mass is 338 g/mol. The van der Waals surface area contributed by atoms with Crippen molar-refractivity contribution in [1.29, 1.82) is 0 Å². The Balaban J connectivity index is 1.83. The predicted molar refractivity (Wildman–Crippen MR) is 85.9 cm³/mol. The minimum absolute atomic E-state index is 0.298. The summed E-state index contributed by atoms with van der Waals surface area (Å²) in [4.78, 5) is 14.3. The third-order valence-corrected chi connectivity index (χ3v) is 4.46. The van der Waals surface area contributed by atoms with Gasteiger partial charge in [0.1, 0.15) is 0 Å². The largest absolute Gasteiger partial charge is 0.337 e. The van der Waals surface area contributed by atoms with Crippen LogP contribution in [-0.4, -0.2) is 36.5 Å². The maximum atomic E-state index is 12.2. The summed E-state index contributed by atoms with van der Waals surface area (Å²) in [5.41, 5.74) is 2.64. The molecular weight excluding hydrogens is 316 g/mol. The molecule has 0 bridgehead atoms. The van der Waals surface area contributed by atoms with E-state index in [1.165, 1.54) is 11.1 Å². The van der Waals surface area contributed by atoms with Gasteiger partial charge in [-0.25, -0.2) is 0 Å². The highest BCUT2D eigenvalue weighted by molar-refractivity contribution is 9.10. The van der Waals surface area contributed by atoms with E-state index in [2.05, 4.69) is 53.3 Å². The Morgan fingerprint density at radius 3 is 3.05 bits per heavy atom. The number of piperazine rings is 1. The molecule has 1 aliphatic heterocycles. The van der Waals surface area contributed by atoms with Crippen LogP contribution >= 0.6 is 15.9 Å². The van der Waals surface area contributed by atoms with Crippen molar-refractivity contribution in [3.05, 3.63) is 33.8 Å². The van der Waals surface area contributed by atoms with Crippen LogP contribution in [0, 0.1) is 6.92 Å². The van der Waals surface area contributed by atoms with Gasteiger partial charge in [0.25, 0.3) is 0 Å². The number of carbonyl (C=O) groups excluding carboxylic acids is 1. The number of carbonyl (C=O) groups is 1. The van der Waals surface area contributed by atoms with E-state index >= 15 is 0 Å². The van der Waals surface area contributed by atoms with Crippen LogP contribution in [0.4, 0.5) is 0 Å². The first-order chi connectivity index (χ1) is 9.58. The molecule has 1 aromatic carbocycles. The van der Waals surface area contributed by atoms with Gasteiger partial charge in [0, 0.05) is 36.6 Å². The zero-order valence-electron chi connectivity index (χ0n) is 12.3. The Morgan fingerprint density at radius 1 is 1.50 bits per heavy atom. The number of hydrogen-bond acceptors (Lipinski definition) is 2. The Hall–Kier alpha value is -0.870. The summed E-state index contributed by atoms with van der Waals surface area (Å²) in [7, 11) is 0. The van der Waals surface area contributed by atoms with Gasteiger partial charge in [0.15, 0.2) is 0 Å². The van der Waals surface area contributed by atoms with Crippen LogP contribution in [0.1, 0.15) is 30.9 Å². The summed E-state index contributed by atoms with van der Waals surface area (Å²) in [5.74, 6) is 0.298. The second-order valence-corrected chi connectivity index (χ2v) is 6.48. The highest BCUT2D eigenvalue weighted by atomic mass is 79.9. The van der Waals surface area contributed by atoms with Crippen LogP contribution in [0.3, 0.4) is 0 Å². The highest BCUT2D eigenvalue weighted by Gasteiger charge is 2.22. The van der Waals surface area contributed by atoms with Gasteiger partial charge in [-0.05, 0) is 49.9 Å². The molecule has 2 rings (SSSR count). The number of halogens is 1. The van der Waals surface area contributed by atoms with Gasteiger partial charge in [-0.3, -0.25) is 4.79 Å². The normalized spacial score (nSPS) is 19.1. The molecular formula is C16H23BrN2O. The van der Waals surface area contributed by atoms with Crippen molar-refractivity contribution in [3.63, 3.8) is 0 Å². The summed E-state index contributed by atoms with van der Waals surface area (Å²) < 4.78 is 1.11. The first-order valence-electron chi connectivity index (χ1n) is 7.33.